The van der Waals surface area contributed by atoms with Gasteiger partial charge < -0.3 is 9.80 Å². The molecule has 0 radical (unpaired) electrons. The molecule has 0 spiro atoms. The van der Waals surface area contributed by atoms with Gasteiger partial charge in [-0.15, -0.1) is 0 Å². The molecule has 1 aliphatic carbocycles. The lowest BCUT2D eigenvalue weighted by atomic mass is 9.82. The van der Waals surface area contributed by atoms with Crippen molar-refractivity contribution in [3.05, 3.63) is 48.0 Å². The average Bonchev–Trinajstić information content (AvgIpc) is 2.79. The van der Waals surface area contributed by atoms with E-state index < -0.39 is 0 Å². The van der Waals surface area contributed by atoms with Gasteiger partial charge in [-0.2, -0.15) is 0 Å². The summed E-state index contributed by atoms with van der Waals surface area (Å²) in [7, 11) is 0. The van der Waals surface area contributed by atoms with E-state index in [1.807, 2.05) is 6.07 Å². The third kappa shape index (κ3) is 4.91. The average molecular weight is 395 g/mol. The van der Waals surface area contributed by atoms with Gasteiger partial charge in [0, 0.05) is 38.0 Å². The fraction of sp³-hybridized carbons (Fsp3) is 0.600. The van der Waals surface area contributed by atoms with Gasteiger partial charge in [0.25, 0.3) is 0 Å². The lowest BCUT2D eigenvalue weighted by molar-refractivity contribution is -0.145. The van der Waals surface area contributed by atoms with Crippen molar-refractivity contribution in [3.63, 3.8) is 0 Å². The zero-order valence-electron chi connectivity index (χ0n) is 17.5. The zero-order valence-corrected chi connectivity index (χ0v) is 17.5. The third-order valence-electron chi connectivity index (χ3n) is 7.02. The van der Waals surface area contributed by atoms with Crippen LogP contribution in [0.15, 0.2) is 42.5 Å². The number of hydrogen-bond donors (Lipinski definition) is 0. The number of benzene rings is 1. The van der Waals surface area contributed by atoms with Gasteiger partial charge in [0.15, 0.2) is 0 Å². The normalized spacial score (nSPS) is 26.8. The minimum Gasteiger partial charge on any atom is -0.342 e. The van der Waals surface area contributed by atoms with Crippen LogP contribution in [0.25, 0.3) is 0 Å². The molecular formula is C25H34N2O2. The second-order valence-corrected chi connectivity index (χ2v) is 8.95. The predicted octanol–water partition coefficient (Wildman–Crippen LogP) is 4.21. The summed E-state index contributed by atoms with van der Waals surface area (Å²) in [6.07, 6.45) is 13.0. The van der Waals surface area contributed by atoms with Gasteiger partial charge in [-0.3, -0.25) is 9.59 Å². The molecule has 0 aromatic heterocycles. The van der Waals surface area contributed by atoms with Crippen LogP contribution in [0.3, 0.4) is 0 Å². The molecule has 0 N–H and O–H groups in total. The quantitative estimate of drug-likeness (QED) is 0.702. The number of allylic oxidation sites excluding steroid dienone is 2. The number of aryl methyl sites for hydroxylation is 1. The Morgan fingerprint density at radius 1 is 1.00 bits per heavy atom. The highest BCUT2D eigenvalue weighted by Crippen LogP contribution is 2.33. The van der Waals surface area contributed by atoms with Crippen LogP contribution in [0.5, 0.6) is 0 Å². The SMILES string of the molecule is O=C(CCCc1ccccc1)N1CC[C@H]2[C@H](CCCN2C(=O)C2CC=CCC2)C1. The van der Waals surface area contributed by atoms with Crippen molar-refractivity contribution in [2.75, 3.05) is 19.6 Å². The maximum atomic E-state index is 13.1. The summed E-state index contributed by atoms with van der Waals surface area (Å²) in [5.41, 5.74) is 1.30. The monoisotopic (exact) mass is 394 g/mol. The van der Waals surface area contributed by atoms with Crippen LogP contribution >= 0.6 is 0 Å². The molecule has 1 aromatic carbocycles. The van der Waals surface area contributed by atoms with Gasteiger partial charge in [-0.25, -0.2) is 0 Å². The minimum absolute atomic E-state index is 0.177. The van der Waals surface area contributed by atoms with E-state index in [0.717, 1.165) is 71.0 Å². The maximum absolute atomic E-state index is 13.1. The molecule has 4 heteroatoms. The van der Waals surface area contributed by atoms with Crippen molar-refractivity contribution in [2.24, 2.45) is 11.8 Å². The lowest BCUT2D eigenvalue weighted by Gasteiger charge is -2.48. The number of piperidine rings is 2. The Morgan fingerprint density at radius 2 is 1.86 bits per heavy atom. The number of fused-ring (bicyclic) bond motifs is 1. The summed E-state index contributed by atoms with van der Waals surface area (Å²) < 4.78 is 0. The Morgan fingerprint density at radius 3 is 2.66 bits per heavy atom. The van der Waals surface area contributed by atoms with E-state index in [-0.39, 0.29) is 5.92 Å². The topological polar surface area (TPSA) is 40.6 Å². The van der Waals surface area contributed by atoms with Crippen LogP contribution in [0.4, 0.5) is 0 Å². The molecule has 3 aliphatic rings. The predicted molar refractivity (Wildman–Crippen MR) is 115 cm³/mol. The highest BCUT2D eigenvalue weighted by molar-refractivity contribution is 5.80. The fourth-order valence-electron chi connectivity index (χ4n) is 5.40. The maximum Gasteiger partial charge on any atom is 0.226 e. The molecule has 4 nitrogen and oxygen atoms in total. The van der Waals surface area contributed by atoms with Crippen molar-refractivity contribution in [3.8, 4) is 0 Å². The second kappa shape index (κ2) is 9.60. The highest BCUT2D eigenvalue weighted by Gasteiger charge is 2.40. The molecule has 2 amide bonds. The first-order valence-electron chi connectivity index (χ1n) is 11.5. The summed E-state index contributed by atoms with van der Waals surface area (Å²) >= 11 is 0. The van der Waals surface area contributed by atoms with Crippen LogP contribution < -0.4 is 0 Å². The number of rotatable bonds is 5. The smallest absolute Gasteiger partial charge is 0.226 e. The fourth-order valence-corrected chi connectivity index (χ4v) is 5.40. The Labute approximate surface area is 175 Å². The molecule has 0 saturated carbocycles. The van der Waals surface area contributed by atoms with Crippen LogP contribution in [0.1, 0.15) is 56.9 Å². The largest absolute Gasteiger partial charge is 0.342 e. The first kappa shape index (κ1) is 20.2. The van der Waals surface area contributed by atoms with Gasteiger partial charge in [0.05, 0.1) is 0 Å². The van der Waals surface area contributed by atoms with Crippen molar-refractivity contribution in [1.82, 2.24) is 9.80 Å². The van der Waals surface area contributed by atoms with Crippen LogP contribution in [0, 0.1) is 11.8 Å². The van der Waals surface area contributed by atoms with E-state index in [9.17, 15) is 9.59 Å². The number of amides is 2. The van der Waals surface area contributed by atoms with E-state index in [1.165, 1.54) is 5.56 Å². The molecule has 1 aromatic rings. The number of nitrogens with zero attached hydrogens (tertiary/aromatic N) is 2. The molecule has 3 atom stereocenters. The summed E-state index contributed by atoms with van der Waals surface area (Å²) in [6.45, 7) is 2.55. The van der Waals surface area contributed by atoms with E-state index in [2.05, 4.69) is 46.2 Å². The third-order valence-corrected chi connectivity index (χ3v) is 7.02. The van der Waals surface area contributed by atoms with Gasteiger partial charge in [0.2, 0.25) is 11.8 Å². The molecule has 4 rings (SSSR count). The number of carbonyl (C=O) groups excluding carboxylic acids is 2. The van der Waals surface area contributed by atoms with Gasteiger partial charge in [0.1, 0.15) is 0 Å². The summed E-state index contributed by atoms with van der Waals surface area (Å²) in [4.78, 5) is 30.1. The highest BCUT2D eigenvalue weighted by atomic mass is 16.2. The van der Waals surface area contributed by atoms with Crippen molar-refractivity contribution < 1.29 is 9.59 Å². The standard InChI is InChI=1S/C25H34N2O2/c28-24(15-7-11-20-9-3-1-4-10-20)26-18-16-23-22(19-26)14-8-17-27(23)25(29)21-12-5-2-6-13-21/h1-5,9-10,21-23H,6-8,11-19H2/t21?,22-,23+/m1/s1. The number of likely N-dealkylation sites (tertiary alicyclic amines) is 2. The molecule has 2 saturated heterocycles. The Kier molecular flexibility index (Phi) is 6.68. The zero-order chi connectivity index (χ0) is 20.1. The molecule has 29 heavy (non-hydrogen) atoms. The first-order valence-corrected chi connectivity index (χ1v) is 11.5. The Bertz CT molecular complexity index is 730. The molecule has 2 fully saturated rings. The summed E-state index contributed by atoms with van der Waals surface area (Å²) in [5, 5.41) is 0. The van der Waals surface area contributed by atoms with E-state index in [0.29, 0.717) is 30.2 Å². The van der Waals surface area contributed by atoms with Gasteiger partial charge in [-0.05, 0) is 62.8 Å². The lowest BCUT2D eigenvalue weighted by Crippen LogP contribution is -2.57. The minimum atomic E-state index is 0.177. The van der Waals surface area contributed by atoms with Crippen LogP contribution in [-0.2, 0) is 16.0 Å². The van der Waals surface area contributed by atoms with E-state index >= 15 is 0 Å². The van der Waals surface area contributed by atoms with Crippen molar-refractivity contribution in [1.29, 1.82) is 0 Å². The molecule has 0 bridgehead atoms. The van der Waals surface area contributed by atoms with Gasteiger partial charge >= 0.3 is 0 Å². The Hall–Kier alpha value is -2.10. The molecular weight excluding hydrogens is 360 g/mol. The summed E-state index contributed by atoms with van der Waals surface area (Å²) in [5.74, 6) is 1.29. The van der Waals surface area contributed by atoms with E-state index in [1.54, 1.807) is 0 Å². The van der Waals surface area contributed by atoms with Crippen LogP contribution in [-0.4, -0.2) is 47.3 Å². The molecule has 2 heterocycles. The van der Waals surface area contributed by atoms with Gasteiger partial charge in [-0.1, -0.05) is 42.5 Å². The number of hydrogen-bond acceptors (Lipinski definition) is 2. The number of carbonyl (C=O) groups is 2. The molecule has 156 valence electrons. The second-order valence-electron chi connectivity index (χ2n) is 8.95. The summed E-state index contributed by atoms with van der Waals surface area (Å²) in [6, 6.07) is 10.7. The Balaban J connectivity index is 1.28. The van der Waals surface area contributed by atoms with Crippen molar-refractivity contribution in [2.45, 2.75) is 63.8 Å². The van der Waals surface area contributed by atoms with Crippen molar-refractivity contribution >= 4 is 11.8 Å². The molecule has 2 aliphatic heterocycles. The molecule has 1 unspecified atom stereocenters. The van der Waals surface area contributed by atoms with E-state index in [4.69, 9.17) is 0 Å². The first-order chi connectivity index (χ1) is 14.2. The van der Waals surface area contributed by atoms with Crippen LogP contribution in [0.2, 0.25) is 0 Å².